The third-order valence-electron chi connectivity index (χ3n) is 3.84. The highest BCUT2D eigenvalue weighted by atomic mass is 16.3. The van der Waals surface area contributed by atoms with Gasteiger partial charge in [-0.15, -0.1) is 0 Å². The predicted molar refractivity (Wildman–Crippen MR) is 91.5 cm³/mol. The van der Waals surface area contributed by atoms with Crippen molar-refractivity contribution in [2.75, 3.05) is 0 Å². The highest BCUT2D eigenvalue weighted by Gasteiger charge is 2.18. The number of unbranched alkanes of at least 4 members (excludes halogenated alkanes) is 4. The lowest BCUT2D eigenvalue weighted by Gasteiger charge is -2.19. The Labute approximate surface area is 134 Å². The molecule has 3 atom stereocenters. The first-order valence-electron chi connectivity index (χ1n) is 8.41. The normalized spacial score (nSPS) is 15.8. The van der Waals surface area contributed by atoms with Gasteiger partial charge in [0.25, 0.3) is 0 Å². The Hall–Kier alpha value is -1.16. The van der Waals surface area contributed by atoms with Crippen LogP contribution in [-0.2, 0) is 0 Å². The summed E-state index contributed by atoms with van der Waals surface area (Å²) in [6.07, 6.45) is 7.50. The molecule has 22 heavy (non-hydrogen) atoms. The maximum atomic E-state index is 9.94. The summed E-state index contributed by atoms with van der Waals surface area (Å²) in [5.74, 6) is 0. The van der Waals surface area contributed by atoms with E-state index in [0.717, 1.165) is 18.4 Å². The van der Waals surface area contributed by atoms with Crippen molar-refractivity contribution >= 4 is 6.08 Å². The highest BCUT2D eigenvalue weighted by molar-refractivity contribution is 5.49. The van der Waals surface area contributed by atoms with Gasteiger partial charge in [-0.25, -0.2) is 0 Å². The second-order valence-electron chi connectivity index (χ2n) is 5.91. The van der Waals surface area contributed by atoms with Gasteiger partial charge in [0.05, 0.1) is 18.3 Å². The maximum Gasteiger partial charge on any atom is 0.0826 e. The van der Waals surface area contributed by atoms with Crippen LogP contribution in [0.3, 0.4) is 0 Å². The summed E-state index contributed by atoms with van der Waals surface area (Å²) in [6.45, 7) is 2.17. The molecule has 0 saturated carbocycles. The molecular formula is C19H30O3. The molecule has 0 amide bonds. The van der Waals surface area contributed by atoms with Gasteiger partial charge >= 0.3 is 0 Å². The smallest absolute Gasteiger partial charge is 0.0826 e. The zero-order chi connectivity index (χ0) is 16.2. The standard InChI is InChI=1S/C19H30O3/c1-2-3-4-5-9-12-18(21)19(22)15-17(20)14-13-16-10-7-6-8-11-16/h6-8,10-11,13-14,17-22H,2-5,9,12,15H2,1H3/b14-13+/t17?,18-,19-/m1/s1. The average Bonchev–Trinajstić information content (AvgIpc) is 2.53. The van der Waals surface area contributed by atoms with Crippen LogP contribution in [0, 0.1) is 0 Å². The number of benzene rings is 1. The van der Waals surface area contributed by atoms with Crippen LogP contribution in [0.4, 0.5) is 0 Å². The molecule has 1 unspecified atom stereocenters. The minimum Gasteiger partial charge on any atom is -0.390 e. The molecular weight excluding hydrogens is 276 g/mol. The predicted octanol–water partition coefficient (Wildman–Crippen LogP) is 3.53. The topological polar surface area (TPSA) is 60.7 Å². The van der Waals surface area contributed by atoms with Crippen LogP contribution in [0.1, 0.15) is 57.4 Å². The van der Waals surface area contributed by atoms with Gasteiger partial charge in [0.1, 0.15) is 0 Å². The Bertz CT molecular complexity index is 402. The molecule has 3 heteroatoms. The van der Waals surface area contributed by atoms with Gasteiger partial charge in [-0.3, -0.25) is 0 Å². The monoisotopic (exact) mass is 306 g/mol. The fourth-order valence-corrected chi connectivity index (χ4v) is 2.42. The summed E-state index contributed by atoms with van der Waals surface area (Å²) in [5, 5.41) is 29.8. The van der Waals surface area contributed by atoms with Crippen molar-refractivity contribution in [1.82, 2.24) is 0 Å². The van der Waals surface area contributed by atoms with Crippen LogP contribution >= 0.6 is 0 Å². The van der Waals surface area contributed by atoms with Crippen LogP contribution in [-0.4, -0.2) is 33.6 Å². The molecule has 0 aliphatic rings. The van der Waals surface area contributed by atoms with E-state index in [-0.39, 0.29) is 6.42 Å². The van der Waals surface area contributed by atoms with Crippen LogP contribution in [0.2, 0.25) is 0 Å². The van der Waals surface area contributed by atoms with E-state index in [1.165, 1.54) is 19.3 Å². The summed E-state index contributed by atoms with van der Waals surface area (Å²) >= 11 is 0. The van der Waals surface area contributed by atoms with Crippen molar-refractivity contribution in [2.24, 2.45) is 0 Å². The van der Waals surface area contributed by atoms with Crippen molar-refractivity contribution in [3.8, 4) is 0 Å². The van der Waals surface area contributed by atoms with Crippen molar-refractivity contribution in [2.45, 2.75) is 70.2 Å². The van der Waals surface area contributed by atoms with Crippen LogP contribution < -0.4 is 0 Å². The lowest BCUT2D eigenvalue weighted by atomic mass is 10.00. The van der Waals surface area contributed by atoms with Crippen molar-refractivity contribution in [3.05, 3.63) is 42.0 Å². The first-order chi connectivity index (χ1) is 10.6. The molecule has 0 heterocycles. The lowest BCUT2D eigenvalue weighted by Crippen LogP contribution is -2.29. The molecule has 1 rings (SSSR count). The SMILES string of the molecule is CCCCCCC[C@@H](O)[C@H](O)CC(O)/C=C/c1ccccc1. The van der Waals surface area contributed by atoms with Crippen LogP contribution in [0.15, 0.2) is 36.4 Å². The molecule has 0 aromatic heterocycles. The van der Waals surface area contributed by atoms with Crippen molar-refractivity contribution in [3.63, 3.8) is 0 Å². The first kappa shape index (κ1) is 18.9. The molecule has 3 N–H and O–H groups in total. The number of aliphatic hydroxyl groups is 3. The van der Waals surface area contributed by atoms with Gasteiger partial charge in [-0.1, -0.05) is 81.5 Å². The zero-order valence-electron chi connectivity index (χ0n) is 13.6. The molecule has 3 nitrogen and oxygen atoms in total. The first-order valence-corrected chi connectivity index (χ1v) is 8.41. The van der Waals surface area contributed by atoms with E-state index in [2.05, 4.69) is 6.92 Å². The highest BCUT2D eigenvalue weighted by Crippen LogP contribution is 2.13. The Balaban J connectivity index is 2.24. The lowest BCUT2D eigenvalue weighted by molar-refractivity contribution is -0.00902. The van der Waals surface area contributed by atoms with Crippen molar-refractivity contribution < 1.29 is 15.3 Å². The summed E-state index contributed by atoms with van der Waals surface area (Å²) in [4.78, 5) is 0. The molecule has 1 aromatic rings. The van der Waals surface area contributed by atoms with Gasteiger partial charge < -0.3 is 15.3 Å². The average molecular weight is 306 g/mol. The Kier molecular flexibility index (Phi) is 9.80. The van der Waals surface area contributed by atoms with E-state index >= 15 is 0 Å². The summed E-state index contributed by atoms with van der Waals surface area (Å²) < 4.78 is 0. The van der Waals surface area contributed by atoms with Gasteiger partial charge in [0.2, 0.25) is 0 Å². The molecule has 0 aliphatic heterocycles. The number of hydrogen-bond acceptors (Lipinski definition) is 3. The quantitative estimate of drug-likeness (QED) is 0.548. The van der Waals surface area contributed by atoms with Crippen molar-refractivity contribution in [1.29, 1.82) is 0 Å². The van der Waals surface area contributed by atoms with Crippen LogP contribution in [0.25, 0.3) is 6.08 Å². The molecule has 0 bridgehead atoms. The minimum absolute atomic E-state index is 0.166. The zero-order valence-corrected chi connectivity index (χ0v) is 13.6. The summed E-state index contributed by atoms with van der Waals surface area (Å²) in [7, 11) is 0. The molecule has 124 valence electrons. The van der Waals surface area contributed by atoms with E-state index in [1.54, 1.807) is 6.08 Å². The van der Waals surface area contributed by atoms with E-state index in [4.69, 9.17) is 0 Å². The third kappa shape index (κ3) is 8.32. The Morgan fingerprint density at radius 1 is 0.909 bits per heavy atom. The van der Waals surface area contributed by atoms with E-state index in [9.17, 15) is 15.3 Å². The minimum atomic E-state index is -0.874. The van der Waals surface area contributed by atoms with Gasteiger partial charge in [0.15, 0.2) is 0 Å². The maximum absolute atomic E-state index is 9.94. The van der Waals surface area contributed by atoms with E-state index in [1.807, 2.05) is 36.4 Å². The molecule has 0 spiro atoms. The second-order valence-corrected chi connectivity index (χ2v) is 5.91. The molecule has 0 fully saturated rings. The van der Waals surface area contributed by atoms with Gasteiger partial charge in [-0.2, -0.15) is 0 Å². The molecule has 0 aliphatic carbocycles. The summed E-state index contributed by atoms with van der Waals surface area (Å²) in [6, 6.07) is 9.70. The molecule has 1 aromatic carbocycles. The number of aliphatic hydroxyl groups excluding tert-OH is 3. The third-order valence-corrected chi connectivity index (χ3v) is 3.84. The van der Waals surface area contributed by atoms with E-state index < -0.39 is 18.3 Å². The largest absolute Gasteiger partial charge is 0.390 e. The Morgan fingerprint density at radius 3 is 2.27 bits per heavy atom. The molecule has 0 radical (unpaired) electrons. The molecule has 0 saturated heterocycles. The fraction of sp³-hybridized carbons (Fsp3) is 0.579. The number of rotatable bonds is 11. The summed E-state index contributed by atoms with van der Waals surface area (Å²) in [5.41, 5.74) is 1.01. The fourth-order valence-electron chi connectivity index (χ4n) is 2.42. The van der Waals surface area contributed by atoms with Crippen LogP contribution in [0.5, 0.6) is 0 Å². The van der Waals surface area contributed by atoms with Gasteiger partial charge in [0, 0.05) is 6.42 Å². The second kappa shape index (κ2) is 11.4. The van der Waals surface area contributed by atoms with Gasteiger partial charge in [-0.05, 0) is 12.0 Å². The number of hydrogen-bond donors (Lipinski definition) is 3. The van der Waals surface area contributed by atoms with E-state index in [0.29, 0.717) is 6.42 Å². The Morgan fingerprint density at radius 2 is 1.59 bits per heavy atom.